The summed E-state index contributed by atoms with van der Waals surface area (Å²) in [6.07, 6.45) is -0.0621. The first kappa shape index (κ1) is 18.1. The number of hydrogen-bond acceptors (Lipinski definition) is 4. The number of carbonyl (C=O) groups is 1. The van der Waals surface area contributed by atoms with E-state index in [0.29, 0.717) is 4.32 Å². The summed E-state index contributed by atoms with van der Waals surface area (Å²) < 4.78 is 0.609. The molecule has 0 unspecified atom stereocenters. The van der Waals surface area contributed by atoms with Gasteiger partial charge in [-0.3, -0.25) is 9.69 Å². The molecular formula is C20H21NO2S2. The molecule has 2 aromatic rings. The lowest BCUT2D eigenvalue weighted by molar-refractivity contribution is -0.135. The van der Waals surface area contributed by atoms with Crippen LogP contribution in [0.15, 0.2) is 60.7 Å². The van der Waals surface area contributed by atoms with E-state index in [4.69, 9.17) is 12.2 Å². The molecule has 0 saturated carbocycles. The molecule has 3 rings (SSSR count). The van der Waals surface area contributed by atoms with Gasteiger partial charge < -0.3 is 5.11 Å². The number of rotatable bonds is 5. The lowest BCUT2D eigenvalue weighted by Crippen LogP contribution is -2.44. The topological polar surface area (TPSA) is 40.5 Å². The third-order valence-corrected chi connectivity index (χ3v) is 6.06. The molecule has 3 nitrogen and oxygen atoms in total. The van der Waals surface area contributed by atoms with Gasteiger partial charge in [0.05, 0.1) is 18.1 Å². The number of benzene rings is 2. The van der Waals surface area contributed by atoms with Crippen molar-refractivity contribution in [2.45, 2.75) is 25.5 Å². The molecule has 25 heavy (non-hydrogen) atoms. The standard InChI is InChI=1S/C20H21NO2S2/c1-14(18(22)16-10-6-3-7-11-16)19(23)21-17(13-25-20(21)24)12-15-8-4-2-5-9-15/h2-11,14,17-18,22H,12-13H2,1H3/t14-,17+,18-/m1/s1. The number of hydrogen-bond donors (Lipinski definition) is 1. The van der Waals surface area contributed by atoms with Crippen LogP contribution in [0.3, 0.4) is 0 Å². The number of aliphatic hydroxyl groups is 1. The van der Waals surface area contributed by atoms with Crippen LogP contribution in [0.2, 0.25) is 0 Å². The summed E-state index contributed by atoms with van der Waals surface area (Å²) in [7, 11) is 0. The first-order chi connectivity index (χ1) is 12.1. The second kappa shape index (κ2) is 8.13. The van der Waals surface area contributed by atoms with E-state index in [1.807, 2.05) is 48.5 Å². The Hall–Kier alpha value is -1.69. The first-order valence-electron chi connectivity index (χ1n) is 8.34. The minimum absolute atomic E-state index is 0.0397. The van der Waals surface area contributed by atoms with Crippen molar-refractivity contribution in [3.05, 3.63) is 71.8 Å². The third-order valence-electron chi connectivity index (χ3n) is 4.52. The summed E-state index contributed by atoms with van der Waals surface area (Å²) in [5.41, 5.74) is 1.94. The minimum Gasteiger partial charge on any atom is -0.388 e. The van der Waals surface area contributed by atoms with E-state index >= 15 is 0 Å². The number of amides is 1. The highest BCUT2D eigenvalue weighted by molar-refractivity contribution is 8.23. The van der Waals surface area contributed by atoms with E-state index in [1.165, 1.54) is 5.56 Å². The third kappa shape index (κ3) is 4.11. The van der Waals surface area contributed by atoms with Crippen LogP contribution in [0.1, 0.15) is 24.2 Å². The average Bonchev–Trinajstić information content (AvgIpc) is 3.01. The van der Waals surface area contributed by atoms with Gasteiger partial charge in [0.25, 0.3) is 0 Å². The van der Waals surface area contributed by atoms with Gasteiger partial charge in [-0.1, -0.05) is 91.6 Å². The van der Waals surface area contributed by atoms with Crippen LogP contribution in [0.4, 0.5) is 0 Å². The second-order valence-corrected chi connectivity index (χ2v) is 7.93. The highest BCUT2D eigenvalue weighted by Gasteiger charge is 2.38. The number of nitrogens with zero attached hydrogens (tertiary/aromatic N) is 1. The Bertz CT molecular complexity index is 736. The summed E-state index contributed by atoms with van der Waals surface area (Å²) in [6, 6.07) is 19.5. The number of aliphatic hydroxyl groups excluding tert-OH is 1. The normalized spacial score (nSPS) is 19.7. The SMILES string of the molecule is C[C@@H](C(=O)N1C(=S)SC[C@@H]1Cc1ccccc1)[C@@H](O)c1ccccc1. The lowest BCUT2D eigenvalue weighted by Gasteiger charge is -2.28. The van der Waals surface area contributed by atoms with Crippen molar-refractivity contribution in [1.29, 1.82) is 0 Å². The van der Waals surface area contributed by atoms with Crippen LogP contribution < -0.4 is 0 Å². The minimum atomic E-state index is -0.834. The highest BCUT2D eigenvalue weighted by atomic mass is 32.2. The van der Waals surface area contributed by atoms with Gasteiger partial charge in [-0.2, -0.15) is 0 Å². The maximum Gasteiger partial charge on any atom is 0.234 e. The summed E-state index contributed by atoms with van der Waals surface area (Å²) in [6.45, 7) is 1.77. The van der Waals surface area contributed by atoms with Gasteiger partial charge in [0.1, 0.15) is 4.32 Å². The Kier molecular flexibility index (Phi) is 5.89. The largest absolute Gasteiger partial charge is 0.388 e. The lowest BCUT2D eigenvalue weighted by atomic mass is 9.95. The quantitative estimate of drug-likeness (QED) is 0.811. The molecule has 0 radical (unpaired) electrons. The molecule has 130 valence electrons. The van der Waals surface area contributed by atoms with Crippen LogP contribution in [0.25, 0.3) is 0 Å². The molecule has 1 saturated heterocycles. The summed E-state index contributed by atoms with van der Waals surface area (Å²) >= 11 is 6.96. The van der Waals surface area contributed by atoms with Gasteiger partial charge in [0, 0.05) is 5.75 Å². The number of thioether (sulfide) groups is 1. The molecule has 0 aliphatic carbocycles. The van der Waals surface area contributed by atoms with Crippen molar-refractivity contribution in [1.82, 2.24) is 4.90 Å². The second-order valence-electron chi connectivity index (χ2n) is 6.27. The molecule has 2 aromatic carbocycles. The van der Waals surface area contributed by atoms with Crippen LogP contribution in [-0.4, -0.2) is 32.0 Å². The molecule has 3 atom stereocenters. The van der Waals surface area contributed by atoms with Gasteiger partial charge >= 0.3 is 0 Å². The Morgan fingerprint density at radius 3 is 2.44 bits per heavy atom. The maximum atomic E-state index is 13.0. The van der Waals surface area contributed by atoms with Gasteiger partial charge in [0.2, 0.25) is 5.91 Å². The van der Waals surface area contributed by atoms with Crippen molar-refractivity contribution >= 4 is 34.2 Å². The summed E-state index contributed by atoms with van der Waals surface area (Å²) in [5.74, 6) is 0.151. The molecule has 1 amide bonds. The predicted molar refractivity (Wildman–Crippen MR) is 106 cm³/mol. The summed E-state index contributed by atoms with van der Waals surface area (Å²) in [5, 5.41) is 10.6. The summed E-state index contributed by atoms with van der Waals surface area (Å²) in [4.78, 5) is 14.7. The zero-order valence-electron chi connectivity index (χ0n) is 14.0. The van der Waals surface area contributed by atoms with Crippen LogP contribution in [0, 0.1) is 5.92 Å². The van der Waals surface area contributed by atoms with Gasteiger partial charge in [0.15, 0.2) is 0 Å². The molecule has 5 heteroatoms. The van der Waals surface area contributed by atoms with Gasteiger partial charge in [-0.05, 0) is 17.5 Å². The zero-order chi connectivity index (χ0) is 17.8. The molecule has 1 heterocycles. The molecular weight excluding hydrogens is 350 g/mol. The molecule has 1 fully saturated rings. The predicted octanol–water partition coefficient (Wildman–Crippen LogP) is 3.83. The fourth-order valence-electron chi connectivity index (χ4n) is 3.06. The van der Waals surface area contributed by atoms with Crippen molar-refractivity contribution in [2.24, 2.45) is 5.92 Å². The number of thiocarbonyl (C=S) groups is 1. The Labute approximate surface area is 158 Å². The Morgan fingerprint density at radius 2 is 1.80 bits per heavy atom. The molecule has 0 spiro atoms. The first-order valence-corrected chi connectivity index (χ1v) is 9.74. The highest BCUT2D eigenvalue weighted by Crippen LogP contribution is 2.31. The average molecular weight is 372 g/mol. The molecule has 1 aliphatic rings. The van der Waals surface area contributed by atoms with Crippen LogP contribution >= 0.6 is 24.0 Å². The van der Waals surface area contributed by atoms with Gasteiger partial charge in [-0.15, -0.1) is 0 Å². The van der Waals surface area contributed by atoms with E-state index < -0.39 is 12.0 Å². The fourth-order valence-corrected chi connectivity index (χ4v) is 4.48. The molecule has 0 aromatic heterocycles. The van der Waals surface area contributed by atoms with Crippen molar-refractivity contribution in [3.8, 4) is 0 Å². The van der Waals surface area contributed by atoms with Crippen LogP contribution in [-0.2, 0) is 11.2 Å². The maximum absolute atomic E-state index is 13.0. The van der Waals surface area contributed by atoms with E-state index in [1.54, 1.807) is 23.6 Å². The monoisotopic (exact) mass is 371 g/mol. The Balaban J connectivity index is 1.75. The van der Waals surface area contributed by atoms with Crippen molar-refractivity contribution < 1.29 is 9.90 Å². The zero-order valence-corrected chi connectivity index (χ0v) is 15.7. The van der Waals surface area contributed by atoms with Crippen molar-refractivity contribution in [3.63, 3.8) is 0 Å². The molecule has 1 N–H and O–H groups in total. The molecule has 0 bridgehead atoms. The number of carbonyl (C=O) groups excluding carboxylic acids is 1. The smallest absolute Gasteiger partial charge is 0.234 e. The Morgan fingerprint density at radius 1 is 1.20 bits per heavy atom. The fraction of sp³-hybridized carbons (Fsp3) is 0.300. The van der Waals surface area contributed by atoms with E-state index in [0.717, 1.165) is 17.7 Å². The van der Waals surface area contributed by atoms with Crippen molar-refractivity contribution in [2.75, 3.05) is 5.75 Å². The van der Waals surface area contributed by atoms with E-state index in [9.17, 15) is 9.90 Å². The van der Waals surface area contributed by atoms with E-state index in [2.05, 4.69) is 12.1 Å². The molecule has 1 aliphatic heterocycles. The van der Waals surface area contributed by atoms with Gasteiger partial charge in [-0.25, -0.2) is 0 Å². The van der Waals surface area contributed by atoms with Crippen LogP contribution in [0.5, 0.6) is 0 Å². The van der Waals surface area contributed by atoms with E-state index in [-0.39, 0.29) is 11.9 Å².